The van der Waals surface area contributed by atoms with Crippen molar-refractivity contribution in [3.05, 3.63) is 35.2 Å². The highest BCUT2D eigenvalue weighted by Gasteiger charge is 2.25. The Balaban J connectivity index is 1.63. The fourth-order valence-electron chi connectivity index (χ4n) is 4.67. The summed E-state index contributed by atoms with van der Waals surface area (Å²) in [6.07, 6.45) is 1.90. The van der Waals surface area contributed by atoms with Gasteiger partial charge < -0.3 is 24.5 Å². The van der Waals surface area contributed by atoms with E-state index in [0.29, 0.717) is 17.9 Å². The van der Waals surface area contributed by atoms with Gasteiger partial charge in [0.25, 0.3) is 5.91 Å². The summed E-state index contributed by atoms with van der Waals surface area (Å²) in [5.74, 6) is 1.50. The summed E-state index contributed by atoms with van der Waals surface area (Å²) in [6.45, 7) is 4.33. The van der Waals surface area contributed by atoms with Gasteiger partial charge in [-0.2, -0.15) is 0 Å². The van der Waals surface area contributed by atoms with Gasteiger partial charge in [-0.3, -0.25) is 4.79 Å². The number of methoxy groups -OCH3 is 1. The van der Waals surface area contributed by atoms with Crippen LogP contribution in [0.25, 0.3) is 32.8 Å². The number of piperidine rings is 1. The van der Waals surface area contributed by atoms with E-state index < -0.39 is 0 Å². The van der Waals surface area contributed by atoms with Crippen LogP contribution in [0.15, 0.2) is 29.6 Å². The number of benzene rings is 1. The standard InChI is InChI=1S/C23H27N5O2S/c1-4-28-18(11-14-7-9-31-23(14)28)21-25-17-10-15(12-19(30-3)20(17)26(21)2)22(29)27-8-5-6-16(24)13-27/h7,9-12,16H,4-6,8,13,24H2,1-3H3. The molecule has 1 aromatic carbocycles. The highest BCUT2D eigenvalue weighted by Crippen LogP contribution is 2.35. The van der Waals surface area contributed by atoms with Gasteiger partial charge in [-0.05, 0) is 49.4 Å². The fourth-order valence-corrected chi connectivity index (χ4v) is 5.63. The molecule has 0 radical (unpaired) electrons. The van der Waals surface area contributed by atoms with Crippen molar-refractivity contribution in [3.8, 4) is 17.3 Å². The second-order valence-corrected chi connectivity index (χ2v) is 9.04. The van der Waals surface area contributed by atoms with Crippen molar-refractivity contribution < 1.29 is 9.53 Å². The number of aromatic nitrogens is 3. The Morgan fingerprint density at radius 2 is 2.19 bits per heavy atom. The second-order valence-electron chi connectivity index (χ2n) is 8.15. The number of hydrogen-bond acceptors (Lipinski definition) is 5. The Morgan fingerprint density at radius 1 is 1.35 bits per heavy atom. The molecule has 31 heavy (non-hydrogen) atoms. The van der Waals surface area contributed by atoms with Crippen LogP contribution in [0.3, 0.4) is 0 Å². The van der Waals surface area contributed by atoms with Crippen molar-refractivity contribution in [1.82, 2.24) is 19.0 Å². The van der Waals surface area contributed by atoms with Crippen LogP contribution in [0.1, 0.15) is 30.1 Å². The predicted molar refractivity (Wildman–Crippen MR) is 125 cm³/mol. The first kappa shape index (κ1) is 20.1. The number of carbonyl (C=O) groups excluding carboxylic acids is 1. The van der Waals surface area contributed by atoms with Crippen molar-refractivity contribution in [2.75, 3.05) is 20.2 Å². The summed E-state index contributed by atoms with van der Waals surface area (Å²) in [6, 6.07) is 8.07. The molecule has 1 aliphatic rings. The molecule has 3 aromatic heterocycles. The molecule has 4 heterocycles. The normalized spacial score (nSPS) is 17.0. The lowest BCUT2D eigenvalue weighted by Gasteiger charge is -2.30. The zero-order valence-electron chi connectivity index (χ0n) is 18.1. The third kappa shape index (κ3) is 3.21. The molecule has 8 heteroatoms. The number of aryl methyl sites for hydroxylation is 2. The average Bonchev–Trinajstić information content (AvgIpc) is 3.45. The van der Waals surface area contributed by atoms with Crippen molar-refractivity contribution in [3.63, 3.8) is 0 Å². The number of nitrogens with zero attached hydrogens (tertiary/aromatic N) is 4. The lowest BCUT2D eigenvalue weighted by Crippen LogP contribution is -2.45. The van der Waals surface area contributed by atoms with Crippen molar-refractivity contribution >= 4 is 38.5 Å². The van der Waals surface area contributed by atoms with Gasteiger partial charge in [0.1, 0.15) is 16.1 Å². The maximum atomic E-state index is 13.2. The third-order valence-electron chi connectivity index (χ3n) is 6.19. The van der Waals surface area contributed by atoms with Crippen LogP contribution in [0.2, 0.25) is 0 Å². The van der Waals surface area contributed by atoms with Crippen molar-refractivity contribution in [2.45, 2.75) is 32.4 Å². The van der Waals surface area contributed by atoms with Crippen LogP contribution >= 0.6 is 11.3 Å². The minimum Gasteiger partial charge on any atom is -0.494 e. The van der Waals surface area contributed by atoms with E-state index in [-0.39, 0.29) is 11.9 Å². The summed E-state index contributed by atoms with van der Waals surface area (Å²) in [5.41, 5.74) is 9.40. The van der Waals surface area contributed by atoms with Crippen LogP contribution in [-0.2, 0) is 13.6 Å². The van der Waals surface area contributed by atoms with Crippen LogP contribution in [0.4, 0.5) is 0 Å². The highest BCUT2D eigenvalue weighted by molar-refractivity contribution is 7.16. The molecule has 2 N–H and O–H groups in total. The first-order chi connectivity index (χ1) is 15.0. The molecule has 1 fully saturated rings. The number of likely N-dealkylation sites (tertiary alicyclic amines) is 1. The second kappa shape index (κ2) is 7.69. The van der Waals surface area contributed by atoms with Gasteiger partial charge in [-0.25, -0.2) is 4.98 Å². The average molecular weight is 438 g/mol. The fraction of sp³-hybridized carbons (Fsp3) is 0.391. The Bertz CT molecular complexity index is 1280. The third-order valence-corrected chi connectivity index (χ3v) is 7.15. The number of thiophene rings is 1. The molecule has 7 nitrogen and oxygen atoms in total. The number of fused-ring (bicyclic) bond motifs is 2. The van der Waals surface area contributed by atoms with E-state index in [0.717, 1.165) is 48.5 Å². The van der Waals surface area contributed by atoms with Gasteiger partial charge in [0, 0.05) is 43.7 Å². The smallest absolute Gasteiger partial charge is 0.254 e. The molecular formula is C23H27N5O2S. The molecule has 162 valence electrons. The van der Waals surface area contributed by atoms with Gasteiger partial charge in [-0.1, -0.05) is 0 Å². The lowest BCUT2D eigenvalue weighted by atomic mass is 10.0. The van der Waals surface area contributed by atoms with Gasteiger partial charge >= 0.3 is 0 Å². The predicted octanol–water partition coefficient (Wildman–Crippen LogP) is 3.85. The van der Waals surface area contributed by atoms with E-state index in [1.165, 1.54) is 10.2 Å². The van der Waals surface area contributed by atoms with E-state index in [9.17, 15) is 4.79 Å². The number of amides is 1. The highest BCUT2D eigenvalue weighted by atomic mass is 32.1. The van der Waals surface area contributed by atoms with E-state index in [4.69, 9.17) is 15.5 Å². The molecule has 1 atom stereocenters. The Hall–Kier alpha value is -2.84. The summed E-state index contributed by atoms with van der Waals surface area (Å²) in [4.78, 5) is 21.2. The van der Waals surface area contributed by atoms with Crippen LogP contribution in [-0.4, -0.2) is 51.2 Å². The number of rotatable bonds is 4. The summed E-state index contributed by atoms with van der Waals surface area (Å²) in [5, 5.41) is 3.33. The van der Waals surface area contributed by atoms with Crippen LogP contribution in [0.5, 0.6) is 5.75 Å². The Labute approximate surface area is 185 Å². The van der Waals surface area contributed by atoms with Gasteiger partial charge in [0.15, 0.2) is 5.82 Å². The van der Waals surface area contributed by atoms with E-state index in [2.05, 4.69) is 33.6 Å². The number of ether oxygens (including phenoxy) is 1. The zero-order valence-corrected chi connectivity index (χ0v) is 18.9. The molecule has 1 unspecified atom stereocenters. The van der Waals surface area contributed by atoms with Crippen molar-refractivity contribution in [1.29, 1.82) is 0 Å². The minimum absolute atomic E-state index is 0.0139. The molecular weight excluding hydrogens is 410 g/mol. The lowest BCUT2D eigenvalue weighted by molar-refractivity contribution is 0.0708. The van der Waals surface area contributed by atoms with Crippen molar-refractivity contribution in [2.24, 2.45) is 12.8 Å². The minimum atomic E-state index is -0.0139. The molecule has 0 spiro atoms. The molecule has 5 rings (SSSR count). The first-order valence-electron chi connectivity index (χ1n) is 10.7. The molecule has 4 aromatic rings. The number of carbonyl (C=O) groups is 1. The maximum absolute atomic E-state index is 13.2. The maximum Gasteiger partial charge on any atom is 0.254 e. The van der Waals surface area contributed by atoms with Crippen LogP contribution < -0.4 is 10.5 Å². The summed E-state index contributed by atoms with van der Waals surface area (Å²) in [7, 11) is 3.64. The zero-order chi connectivity index (χ0) is 21.7. The number of hydrogen-bond donors (Lipinski definition) is 1. The van der Waals surface area contributed by atoms with E-state index >= 15 is 0 Å². The quantitative estimate of drug-likeness (QED) is 0.526. The number of imidazole rings is 1. The largest absolute Gasteiger partial charge is 0.494 e. The molecule has 0 aliphatic carbocycles. The molecule has 0 saturated carbocycles. The molecule has 1 aliphatic heterocycles. The SMILES string of the molecule is CCn1c(-c2nc3cc(C(=O)N4CCCC(N)C4)cc(OC)c3n2C)cc2ccsc21. The molecule has 1 amide bonds. The Morgan fingerprint density at radius 3 is 2.94 bits per heavy atom. The molecule has 0 bridgehead atoms. The van der Waals surface area contributed by atoms with Gasteiger partial charge in [0.05, 0.1) is 18.3 Å². The molecule has 1 saturated heterocycles. The first-order valence-corrected chi connectivity index (χ1v) is 11.6. The van der Waals surface area contributed by atoms with E-state index in [1.807, 2.05) is 24.1 Å². The Kier molecular flexibility index (Phi) is 4.98. The van der Waals surface area contributed by atoms with Gasteiger partial charge in [-0.15, -0.1) is 11.3 Å². The summed E-state index contributed by atoms with van der Waals surface area (Å²) >= 11 is 1.74. The van der Waals surface area contributed by atoms with Crippen LogP contribution in [0, 0.1) is 0 Å². The monoisotopic (exact) mass is 437 g/mol. The van der Waals surface area contributed by atoms with E-state index in [1.54, 1.807) is 18.4 Å². The topological polar surface area (TPSA) is 78.3 Å². The summed E-state index contributed by atoms with van der Waals surface area (Å²) < 4.78 is 10.0. The number of nitrogens with two attached hydrogens (primary N) is 1. The van der Waals surface area contributed by atoms with Gasteiger partial charge in [0.2, 0.25) is 0 Å².